The van der Waals surface area contributed by atoms with Crippen molar-refractivity contribution in [1.29, 1.82) is 0 Å². The fourth-order valence-corrected chi connectivity index (χ4v) is 1.95. The smallest absolute Gasteiger partial charge is 0.144 e. The summed E-state index contributed by atoms with van der Waals surface area (Å²) in [5.74, 6) is 5.50. The molecule has 0 spiro atoms. The van der Waals surface area contributed by atoms with Gasteiger partial charge in [-0.25, -0.2) is 0 Å². The zero-order valence-corrected chi connectivity index (χ0v) is 11.8. The average molecular weight is 269 g/mol. The van der Waals surface area contributed by atoms with E-state index in [1.165, 1.54) is 0 Å². The van der Waals surface area contributed by atoms with Gasteiger partial charge in [-0.3, -0.25) is 5.84 Å². The summed E-state index contributed by atoms with van der Waals surface area (Å²) in [6, 6.07) is 15.8. The van der Waals surface area contributed by atoms with Gasteiger partial charge < -0.3 is 10.3 Å². The van der Waals surface area contributed by atoms with Crippen LogP contribution in [0.25, 0.3) is 0 Å². The molecule has 104 valence electrons. The maximum Gasteiger partial charge on any atom is 0.144 e. The van der Waals surface area contributed by atoms with E-state index in [-0.39, 0.29) is 0 Å². The van der Waals surface area contributed by atoms with Gasteiger partial charge in [0, 0.05) is 5.56 Å². The third kappa shape index (κ3) is 3.36. The largest absolute Gasteiger partial charge is 0.391 e. The lowest BCUT2D eigenvalue weighted by Crippen LogP contribution is -2.10. The summed E-state index contributed by atoms with van der Waals surface area (Å²) in [6.45, 7) is 4.33. The van der Waals surface area contributed by atoms with Crippen molar-refractivity contribution in [1.82, 2.24) is 0 Å². The number of nitrogens with two attached hydrogens (primary N) is 1. The van der Waals surface area contributed by atoms with E-state index in [1.807, 2.05) is 62.4 Å². The van der Waals surface area contributed by atoms with E-state index in [9.17, 15) is 0 Å². The molecule has 0 fully saturated rings. The van der Waals surface area contributed by atoms with Crippen LogP contribution in [-0.2, 0) is 11.4 Å². The number of benzene rings is 2. The zero-order chi connectivity index (χ0) is 14.4. The second-order valence-electron chi connectivity index (χ2n) is 4.56. The number of hydrazine groups is 1. The number of hydrogen-bond acceptors (Lipinski definition) is 4. The van der Waals surface area contributed by atoms with Gasteiger partial charge in [-0.2, -0.15) is 0 Å². The third-order valence-corrected chi connectivity index (χ3v) is 3.17. The van der Waals surface area contributed by atoms with Crippen molar-refractivity contribution in [3.05, 3.63) is 65.2 Å². The highest BCUT2D eigenvalue weighted by Gasteiger charge is 2.05. The highest BCUT2D eigenvalue weighted by Crippen LogP contribution is 2.19. The second kappa shape index (κ2) is 6.73. The molecular formula is C16H19N3O. The molecule has 0 radical (unpaired) electrons. The Kier molecular flexibility index (Phi) is 4.74. The van der Waals surface area contributed by atoms with Crippen LogP contribution in [0.4, 0.5) is 5.69 Å². The lowest BCUT2D eigenvalue weighted by Gasteiger charge is -2.11. The predicted molar refractivity (Wildman–Crippen MR) is 82.4 cm³/mol. The van der Waals surface area contributed by atoms with Crippen LogP contribution in [0.2, 0.25) is 0 Å². The Hall–Kier alpha value is -2.33. The number of rotatable bonds is 5. The molecule has 4 heteroatoms. The molecule has 0 aliphatic rings. The first-order valence-corrected chi connectivity index (χ1v) is 6.49. The monoisotopic (exact) mass is 269 g/mol. The number of anilines is 1. The van der Waals surface area contributed by atoms with Crippen molar-refractivity contribution >= 4 is 11.4 Å². The van der Waals surface area contributed by atoms with Gasteiger partial charge in [-0.15, -0.1) is 0 Å². The molecule has 0 aliphatic heterocycles. The summed E-state index contributed by atoms with van der Waals surface area (Å²) in [4.78, 5) is 5.45. The molecule has 20 heavy (non-hydrogen) atoms. The molecule has 0 amide bonds. The summed E-state index contributed by atoms with van der Waals surface area (Å²) in [7, 11) is 0. The minimum atomic E-state index is 0.385. The number of nitrogens with zero attached hydrogens (tertiary/aromatic N) is 1. The van der Waals surface area contributed by atoms with Gasteiger partial charge in [0.1, 0.15) is 6.61 Å². The summed E-state index contributed by atoms with van der Waals surface area (Å²) in [6.07, 6.45) is 0. The van der Waals surface area contributed by atoms with Crippen molar-refractivity contribution in [2.24, 2.45) is 11.0 Å². The van der Waals surface area contributed by atoms with Gasteiger partial charge in [0.15, 0.2) is 0 Å². The molecule has 0 saturated carbocycles. The lowest BCUT2D eigenvalue weighted by atomic mass is 10.1. The van der Waals surface area contributed by atoms with E-state index < -0.39 is 0 Å². The normalized spacial score (nSPS) is 11.2. The van der Waals surface area contributed by atoms with Crippen LogP contribution in [0.3, 0.4) is 0 Å². The second-order valence-corrected chi connectivity index (χ2v) is 4.56. The van der Waals surface area contributed by atoms with Gasteiger partial charge in [0.2, 0.25) is 0 Å². The van der Waals surface area contributed by atoms with E-state index >= 15 is 0 Å². The Morgan fingerprint density at radius 3 is 2.60 bits per heavy atom. The fourth-order valence-electron chi connectivity index (χ4n) is 1.95. The highest BCUT2D eigenvalue weighted by molar-refractivity contribution is 5.98. The maximum absolute atomic E-state index is 5.50. The van der Waals surface area contributed by atoms with Gasteiger partial charge in [0.25, 0.3) is 0 Å². The standard InChI is InChI=1S/C16H19N3O/c1-12-7-6-10-16(18-17)15(12)11-20-19-13(2)14-8-4-3-5-9-14/h3-10,18H,11,17H2,1-2H3. The predicted octanol–water partition coefficient (Wildman–Crippen LogP) is 3.22. The van der Waals surface area contributed by atoms with Crippen LogP contribution in [-0.4, -0.2) is 5.71 Å². The Balaban J connectivity index is 2.06. The number of oxime groups is 1. The minimum Gasteiger partial charge on any atom is -0.391 e. The summed E-state index contributed by atoms with van der Waals surface area (Å²) in [5, 5.41) is 4.15. The molecule has 0 heterocycles. The molecule has 4 nitrogen and oxygen atoms in total. The molecular weight excluding hydrogens is 250 g/mol. The van der Waals surface area contributed by atoms with Crippen molar-refractivity contribution in [2.75, 3.05) is 5.43 Å². The third-order valence-electron chi connectivity index (χ3n) is 3.17. The van der Waals surface area contributed by atoms with Gasteiger partial charge in [-0.1, -0.05) is 47.6 Å². The SMILES string of the molecule is CC(=NOCc1c(C)cccc1NN)c1ccccc1. The molecule has 2 aromatic rings. The first kappa shape index (κ1) is 14.1. The first-order valence-electron chi connectivity index (χ1n) is 6.49. The molecule has 0 unspecified atom stereocenters. The molecule has 3 N–H and O–H groups in total. The van der Waals surface area contributed by atoms with E-state index in [0.29, 0.717) is 6.61 Å². The molecule has 0 atom stereocenters. The topological polar surface area (TPSA) is 59.6 Å². The summed E-state index contributed by atoms with van der Waals surface area (Å²) in [5.41, 5.74) is 7.57. The van der Waals surface area contributed by atoms with Crippen LogP contribution < -0.4 is 11.3 Å². The van der Waals surface area contributed by atoms with Crippen LogP contribution in [0, 0.1) is 6.92 Å². The Morgan fingerprint density at radius 1 is 1.15 bits per heavy atom. The first-order chi connectivity index (χ1) is 9.72. The zero-order valence-electron chi connectivity index (χ0n) is 11.8. The summed E-state index contributed by atoms with van der Waals surface area (Å²) >= 11 is 0. The lowest BCUT2D eigenvalue weighted by molar-refractivity contribution is 0.130. The van der Waals surface area contributed by atoms with Gasteiger partial charge >= 0.3 is 0 Å². The van der Waals surface area contributed by atoms with Gasteiger partial charge in [0.05, 0.1) is 11.4 Å². The molecule has 2 rings (SSSR count). The van der Waals surface area contributed by atoms with Crippen molar-refractivity contribution < 1.29 is 4.84 Å². The Bertz CT molecular complexity index is 594. The van der Waals surface area contributed by atoms with E-state index in [1.54, 1.807) is 0 Å². The number of nitrogen functional groups attached to an aromatic ring is 1. The van der Waals surface area contributed by atoms with Gasteiger partial charge in [-0.05, 0) is 31.0 Å². The van der Waals surface area contributed by atoms with Crippen LogP contribution >= 0.6 is 0 Å². The summed E-state index contributed by atoms with van der Waals surface area (Å²) < 4.78 is 0. The Labute approximate surface area is 119 Å². The number of nitrogens with one attached hydrogen (secondary N) is 1. The van der Waals surface area contributed by atoms with E-state index in [0.717, 1.165) is 28.1 Å². The molecule has 0 bridgehead atoms. The molecule has 0 aliphatic carbocycles. The number of aryl methyl sites for hydroxylation is 1. The highest BCUT2D eigenvalue weighted by atomic mass is 16.6. The number of hydrogen-bond donors (Lipinski definition) is 2. The quantitative estimate of drug-likeness (QED) is 0.498. The molecule has 2 aromatic carbocycles. The van der Waals surface area contributed by atoms with Crippen molar-refractivity contribution in [3.8, 4) is 0 Å². The maximum atomic E-state index is 5.50. The Morgan fingerprint density at radius 2 is 1.90 bits per heavy atom. The minimum absolute atomic E-state index is 0.385. The van der Waals surface area contributed by atoms with Crippen LogP contribution in [0.1, 0.15) is 23.6 Å². The molecule has 0 saturated heterocycles. The molecule has 0 aromatic heterocycles. The van der Waals surface area contributed by atoms with Crippen molar-refractivity contribution in [2.45, 2.75) is 20.5 Å². The fraction of sp³-hybridized carbons (Fsp3) is 0.188. The van der Waals surface area contributed by atoms with Crippen LogP contribution in [0.15, 0.2) is 53.7 Å². The van der Waals surface area contributed by atoms with E-state index in [4.69, 9.17) is 10.7 Å². The van der Waals surface area contributed by atoms with Crippen molar-refractivity contribution in [3.63, 3.8) is 0 Å². The van der Waals surface area contributed by atoms with Crippen LogP contribution in [0.5, 0.6) is 0 Å². The van der Waals surface area contributed by atoms with E-state index in [2.05, 4.69) is 10.6 Å². The average Bonchev–Trinajstić information content (AvgIpc) is 2.49.